The third-order valence-electron chi connectivity index (χ3n) is 6.23. The molecule has 0 bridgehead atoms. The van der Waals surface area contributed by atoms with Crippen LogP contribution in [0, 0.1) is 3.57 Å². The van der Waals surface area contributed by atoms with Crippen LogP contribution in [0.1, 0.15) is 16.7 Å². The predicted molar refractivity (Wildman–Crippen MR) is 163 cm³/mol. The number of benzene rings is 4. The fraction of sp³-hybridized carbons (Fsp3) is 0.0938. The lowest BCUT2D eigenvalue weighted by molar-refractivity contribution is -0.122. The number of ether oxygens (including phenoxy) is 3. The number of nitrogens with zero attached hydrogens (tertiary/aromatic N) is 1. The number of barbiturate groups is 1. The maximum absolute atomic E-state index is 13.4. The summed E-state index contributed by atoms with van der Waals surface area (Å²) in [5.41, 5.74) is 2.66. The Morgan fingerprint density at radius 2 is 1.41 bits per heavy atom. The number of amides is 4. The number of nitrogens with one attached hydrogen (secondary N) is 1. The molecule has 1 fully saturated rings. The molecule has 9 heteroatoms. The summed E-state index contributed by atoms with van der Waals surface area (Å²) in [7, 11) is 1.52. The van der Waals surface area contributed by atoms with Gasteiger partial charge in [-0.2, -0.15) is 0 Å². The molecular formula is C32H25IN2O6. The Balaban J connectivity index is 1.35. The van der Waals surface area contributed by atoms with E-state index in [-0.39, 0.29) is 5.57 Å². The average molecular weight is 660 g/mol. The molecule has 0 saturated carbocycles. The molecule has 5 rings (SSSR count). The highest BCUT2D eigenvalue weighted by molar-refractivity contribution is 14.1. The zero-order chi connectivity index (χ0) is 28.8. The molecule has 0 spiro atoms. The molecule has 1 saturated heterocycles. The lowest BCUT2D eigenvalue weighted by atomic mass is 10.1. The summed E-state index contributed by atoms with van der Waals surface area (Å²) in [6.45, 7) is 0.727. The average Bonchev–Trinajstić information content (AvgIpc) is 2.99. The van der Waals surface area contributed by atoms with E-state index in [1.54, 1.807) is 36.4 Å². The summed E-state index contributed by atoms with van der Waals surface area (Å²) in [5.74, 6) is 0.0466. The second-order valence-corrected chi connectivity index (χ2v) is 10.2. The van der Waals surface area contributed by atoms with Gasteiger partial charge < -0.3 is 14.2 Å². The van der Waals surface area contributed by atoms with Gasteiger partial charge in [0, 0.05) is 0 Å². The molecule has 4 amide bonds. The topological polar surface area (TPSA) is 94.2 Å². The Bertz CT molecular complexity index is 1610. The maximum Gasteiger partial charge on any atom is 0.335 e. The number of imide groups is 2. The molecule has 206 valence electrons. The number of anilines is 1. The van der Waals surface area contributed by atoms with Crippen LogP contribution < -0.4 is 24.4 Å². The van der Waals surface area contributed by atoms with E-state index in [2.05, 4.69) is 27.9 Å². The van der Waals surface area contributed by atoms with Gasteiger partial charge in [0.25, 0.3) is 11.8 Å². The quantitative estimate of drug-likeness (QED) is 0.132. The molecule has 1 N–H and O–H groups in total. The van der Waals surface area contributed by atoms with Crippen LogP contribution in [0.3, 0.4) is 0 Å². The molecule has 0 atom stereocenters. The SMILES string of the molecule is COc1cc(/C=C2\C(=O)NC(=O)N(c3ccc(OCc4ccccc4)cc3)C2=O)cc(I)c1OCc1ccccc1. The van der Waals surface area contributed by atoms with Gasteiger partial charge in [0.1, 0.15) is 24.5 Å². The van der Waals surface area contributed by atoms with E-state index in [1.807, 2.05) is 60.7 Å². The van der Waals surface area contributed by atoms with Crippen LogP contribution >= 0.6 is 22.6 Å². The van der Waals surface area contributed by atoms with Crippen molar-refractivity contribution < 1.29 is 28.6 Å². The van der Waals surface area contributed by atoms with Crippen LogP contribution in [-0.4, -0.2) is 25.0 Å². The van der Waals surface area contributed by atoms with E-state index >= 15 is 0 Å². The minimum atomic E-state index is -0.827. The van der Waals surface area contributed by atoms with Crippen LogP contribution in [0.25, 0.3) is 6.08 Å². The van der Waals surface area contributed by atoms with Gasteiger partial charge in [0.05, 0.1) is 16.4 Å². The first-order valence-corrected chi connectivity index (χ1v) is 13.7. The van der Waals surface area contributed by atoms with Gasteiger partial charge in [0.2, 0.25) is 0 Å². The minimum absolute atomic E-state index is 0.190. The molecule has 1 aliphatic rings. The van der Waals surface area contributed by atoms with E-state index in [1.165, 1.54) is 13.2 Å². The second kappa shape index (κ2) is 12.7. The Morgan fingerprint density at radius 3 is 2.02 bits per heavy atom. The third-order valence-corrected chi connectivity index (χ3v) is 7.03. The van der Waals surface area contributed by atoms with Gasteiger partial charge in [-0.25, -0.2) is 9.69 Å². The van der Waals surface area contributed by atoms with Crippen molar-refractivity contribution >= 4 is 52.2 Å². The minimum Gasteiger partial charge on any atom is -0.493 e. The summed E-state index contributed by atoms with van der Waals surface area (Å²) < 4.78 is 18.1. The highest BCUT2D eigenvalue weighted by Crippen LogP contribution is 2.35. The van der Waals surface area contributed by atoms with Gasteiger partial charge in [-0.05, 0) is 81.8 Å². The van der Waals surface area contributed by atoms with E-state index in [0.29, 0.717) is 41.7 Å². The van der Waals surface area contributed by atoms with Gasteiger partial charge in [-0.15, -0.1) is 0 Å². The first kappa shape index (κ1) is 27.9. The first-order chi connectivity index (χ1) is 19.9. The van der Waals surface area contributed by atoms with Crippen LogP contribution in [-0.2, 0) is 22.8 Å². The highest BCUT2D eigenvalue weighted by atomic mass is 127. The monoisotopic (exact) mass is 660 g/mol. The van der Waals surface area contributed by atoms with Gasteiger partial charge in [0.15, 0.2) is 11.5 Å². The number of hydrogen-bond acceptors (Lipinski definition) is 6. The normalized spacial score (nSPS) is 14.1. The van der Waals surface area contributed by atoms with Crippen molar-refractivity contribution in [2.75, 3.05) is 12.0 Å². The molecule has 1 aliphatic heterocycles. The fourth-order valence-corrected chi connectivity index (χ4v) is 4.96. The standard InChI is InChI=1S/C32H25IN2O6/c1-39-28-18-23(17-27(33)29(28)41-20-22-10-6-3-7-11-22)16-26-30(36)34-32(38)35(31(26)37)24-12-14-25(15-13-24)40-19-21-8-4-2-5-9-21/h2-18H,19-20H2,1H3,(H,34,36,38)/b26-16+. The Labute approximate surface area is 250 Å². The number of rotatable bonds is 9. The Kier molecular flexibility index (Phi) is 8.64. The van der Waals surface area contributed by atoms with Crippen molar-refractivity contribution in [1.82, 2.24) is 5.32 Å². The van der Waals surface area contributed by atoms with Gasteiger partial charge >= 0.3 is 6.03 Å². The molecule has 0 aliphatic carbocycles. The third kappa shape index (κ3) is 6.58. The molecule has 41 heavy (non-hydrogen) atoms. The molecule has 8 nitrogen and oxygen atoms in total. The van der Waals surface area contributed by atoms with E-state index < -0.39 is 17.8 Å². The first-order valence-electron chi connectivity index (χ1n) is 12.7. The lowest BCUT2D eigenvalue weighted by Gasteiger charge is -2.26. The molecule has 0 aromatic heterocycles. The van der Waals surface area contributed by atoms with Crippen LogP contribution in [0.15, 0.2) is 103 Å². The number of carbonyl (C=O) groups excluding carboxylic acids is 3. The summed E-state index contributed by atoms with van der Waals surface area (Å²) in [5, 5.41) is 2.25. The fourth-order valence-electron chi connectivity index (χ4n) is 4.18. The number of hydrogen-bond donors (Lipinski definition) is 1. The number of carbonyl (C=O) groups is 3. The second-order valence-electron chi connectivity index (χ2n) is 9.03. The zero-order valence-corrected chi connectivity index (χ0v) is 24.2. The summed E-state index contributed by atoms with van der Waals surface area (Å²) in [4.78, 5) is 39.7. The number of halogens is 1. The van der Waals surface area contributed by atoms with Crippen LogP contribution in [0.4, 0.5) is 10.5 Å². The van der Waals surface area contributed by atoms with Crippen molar-refractivity contribution in [2.45, 2.75) is 13.2 Å². The molecule has 1 heterocycles. The summed E-state index contributed by atoms with van der Waals surface area (Å²) in [6, 6.07) is 28.6. The zero-order valence-electron chi connectivity index (χ0n) is 22.0. The molecule has 0 radical (unpaired) electrons. The summed E-state index contributed by atoms with van der Waals surface area (Å²) >= 11 is 2.12. The number of urea groups is 1. The Hall–Kier alpha value is -4.64. The molecule has 4 aromatic rings. The Morgan fingerprint density at radius 1 is 0.805 bits per heavy atom. The van der Waals surface area contributed by atoms with E-state index in [4.69, 9.17) is 14.2 Å². The van der Waals surface area contributed by atoms with Gasteiger partial charge in [-0.3, -0.25) is 14.9 Å². The van der Waals surface area contributed by atoms with Crippen molar-refractivity contribution in [3.8, 4) is 17.2 Å². The highest BCUT2D eigenvalue weighted by Gasteiger charge is 2.37. The van der Waals surface area contributed by atoms with E-state index in [9.17, 15) is 14.4 Å². The van der Waals surface area contributed by atoms with E-state index in [0.717, 1.165) is 19.6 Å². The van der Waals surface area contributed by atoms with Crippen LogP contribution in [0.5, 0.6) is 17.2 Å². The van der Waals surface area contributed by atoms with Crippen molar-refractivity contribution in [1.29, 1.82) is 0 Å². The summed E-state index contributed by atoms with van der Waals surface area (Å²) in [6.07, 6.45) is 1.43. The smallest absolute Gasteiger partial charge is 0.335 e. The lowest BCUT2D eigenvalue weighted by Crippen LogP contribution is -2.54. The van der Waals surface area contributed by atoms with Gasteiger partial charge in [-0.1, -0.05) is 60.7 Å². The van der Waals surface area contributed by atoms with Crippen molar-refractivity contribution in [3.63, 3.8) is 0 Å². The largest absolute Gasteiger partial charge is 0.493 e. The predicted octanol–water partition coefficient (Wildman–Crippen LogP) is 6.12. The molecule has 0 unspecified atom stereocenters. The van der Waals surface area contributed by atoms with Crippen molar-refractivity contribution in [2.24, 2.45) is 0 Å². The van der Waals surface area contributed by atoms with Crippen LogP contribution in [0.2, 0.25) is 0 Å². The van der Waals surface area contributed by atoms with Crippen molar-refractivity contribution in [3.05, 3.63) is 123 Å². The molecule has 4 aromatic carbocycles. The number of methoxy groups -OCH3 is 1. The maximum atomic E-state index is 13.4. The molecular weight excluding hydrogens is 635 g/mol.